The molecule has 0 unspecified atom stereocenters. The number of aromatic nitrogens is 2. The molecule has 0 radical (unpaired) electrons. The van der Waals surface area contributed by atoms with E-state index in [0.29, 0.717) is 17.9 Å². The van der Waals surface area contributed by atoms with Gasteiger partial charge in [0.1, 0.15) is 5.82 Å². The van der Waals surface area contributed by atoms with Crippen molar-refractivity contribution in [2.75, 3.05) is 0 Å². The predicted octanol–water partition coefficient (Wildman–Crippen LogP) is 1.08. The number of carbonyl (C=O) groups is 1. The molecule has 0 spiro atoms. The normalized spacial score (nSPS) is 16.2. The molecule has 0 saturated heterocycles. The Hall–Kier alpha value is -2.04. The summed E-state index contributed by atoms with van der Waals surface area (Å²) in [7, 11) is 0. The first-order valence-corrected chi connectivity index (χ1v) is 5.53. The van der Waals surface area contributed by atoms with Crippen LogP contribution in [-0.2, 0) is 11.3 Å². The number of nitrogens with zero attached hydrogens (tertiary/aromatic N) is 3. The fraction of sp³-hybridized carbons (Fsp3) is 0.333. The van der Waals surface area contributed by atoms with Crippen LogP contribution in [0.5, 0.6) is 0 Å². The van der Waals surface area contributed by atoms with Crippen LogP contribution < -0.4 is 5.32 Å². The van der Waals surface area contributed by atoms with Gasteiger partial charge in [0.05, 0.1) is 18.4 Å². The van der Waals surface area contributed by atoms with E-state index in [2.05, 4.69) is 16.9 Å². The molecule has 5 heteroatoms. The second kappa shape index (κ2) is 4.45. The molecule has 2 rings (SSSR count). The van der Waals surface area contributed by atoms with Crippen molar-refractivity contribution in [3.63, 3.8) is 0 Å². The lowest BCUT2D eigenvalue weighted by Crippen LogP contribution is -2.41. The zero-order valence-corrected chi connectivity index (χ0v) is 10.1. The van der Waals surface area contributed by atoms with Gasteiger partial charge in [0.25, 0.3) is 5.91 Å². The first-order chi connectivity index (χ1) is 8.08. The van der Waals surface area contributed by atoms with Crippen LogP contribution in [0.4, 0.5) is 0 Å². The lowest BCUT2D eigenvalue weighted by molar-refractivity contribution is -0.118. The highest BCUT2D eigenvalue weighted by atomic mass is 16.2. The van der Waals surface area contributed by atoms with Crippen molar-refractivity contribution in [3.8, 4) is 0 Å². The van der Waals surface area contributed by atoms with Crippen LogP contribution in [0.2, 0.25) is 0 Å². The van der Waals surface area contributed by atoms with Gasteiger partial charge in [0, 0.05) is 24.6 Å². The summed E-state index contributed by atoms with van der Waals surface area (Å²) in [6, 6.07) is 0.265. The zero-order chi connectivity index (χ0) is 12.4. The molecule has 0 bridgehead atoms. The van der Waals surface area contributed by atoms with Crippen molar-refractivity contribution in [1.29, 1.82) is 0 Å². The Morgan fingerprint density at radius 3 is 2.88 bits per heavy atom. The smallest absolute Gasteiger partial charge is 0.255 e. The number of amides is 1. The summed E-state index contributed by atoms with van der Waals surface area (Å²) in [5.41, 5.74) is 0.698. The Kier molecular flexibility index (Phi) is 2.99. The van der Waals surface area contributed by atoms with E-state index in [-0.39, 0.29) is 11.9 Å². The topological polar surface area (TPSA) is 50.2 Å². The van der Waals surface area contributed by atoms with Gasteiger partial charge in [-0.05, 0) is 13.8 Å². The summed E-state index contributed by atoms with van der Waals surface area (Å²) >= 11 is 0. The molecule has 0 fully saturated rings. The highest BCUT2D eigenvalue weighted by Gasteiger charge is 2.22. The minimum Gasteiger partial charge on any atom is -0.333 e. The highest BCUT2D eigenvalue weighted by Crippen LogP contribution is 2.15. The predicted molar refractivity (Wildman–Crippen MR) is 64.6 cm³/mol. The Morgan fingerprint density at radius 1 is 1.53 bits per heavy atom. The lowest BCUT2D eigenvalue weighted by Gasteiger charge is -2.32. The fourth-order valence-electron chi connectivity index (χ4n) is 1.73. The van der Waals surface area contributed by atoms with Crippen molar-refractivity contribution in [2.24, 2.45) is 0 Å². The quantitative estimate of drug-likeness (QED) is 0.848. The van der Waals surface area contributed by atoms with Crippen LogP contribution >= 0.6 is 0 Å². The van der Waals surface area contributed by atoms with Gasteiger partial charge in [0.15, 0.2) is 0 Å². The first kappa shape index (κ1) is 11.4. The average Bonchev–Trinajstić information content (AvgIpc) is 2.74. The lowest BCUT2D eigenvalue weighted by atomic mass is 10.2. The molecule has 1 aromatic heterocycles. The highest BCUT2D eigenvalue weighted by molar-refractivity contribution is 5.95. The summed E-state index contributed by atoms with van der Waals surface area (Å²) in [4.78, 5) is 17.7. The van der Waals surface area contributed by atoms with E-state index in [1.807, 2.05) is 35.7 Å². The SMILES string of the molecule is C=C1NC(=O)C(Cn2ccnc2)=CN1C(C)C. The molecule has 1 aromatic rings. The van der Waals surface area contributed by atoms with Gasteiger partial charge in [-0.25, -0.2) is 4.98 Å². The largest absolute Gasteiger partial charge is 0.333 e. The Bertz CT molecular complexity index is 459. The number of nitrogens with one attached hydrogen (secondary N) is 1. The van der Waals surface area contributed by atoms with Crippen LogP contribution in [0.1, 0.15) is 13.8 Å². The van der Waals surface area contributed by atoms with E-state index < -0.39 is 0 Å². The molecular weight excluding hydrogens is 216 g/mol. The summed E-state index contributed by atoms with van der Waals surface area (Å²) in [6.07, 6.45) is 7.07. The maximum Gasteiger partial charge on any atom is 0.255 e. The Balaban J connectivity index is 2.22. The van der Waals surface area contributed by atoms with Gasteiger partial charge >= 0.3 is 0 Å². The number of imidazole rings is 1. The maximum absolute atomic E-state index is 11.8. The van der Waals surface area contributed by atoms with E-state index in [1.54, 1.807) is 12.5 Å². The Labute approximate surface area is 100 Å². The van der Waals surface area contributed by atoms with Gasteiger partial charge in [-0.1, -0.05) is 6.58 Å². The minimum absolute atomic E-state index is 0.0967. The minimum atomic E-state index is -0.0967. The van der Waals surface area contributed by atoms with Gasteiger partial charge in [-0.15, -0.1) is 0 Å². The molecule has 2 heterocycles. The molecule has 1 aliphatic heterocycles. The van der Waals surface area contributed by atoms with E-state index in [1.165, 1.54) is 0 Å². The summed E-state index contributed by atoms with van der Waals surface area (Å²) in [5.74, 6) is 0.528. The van der Waals surface area contributed by atoms with Crippen LogP contribution in [0.25, 0.3) is 0 Å². The molecule has 90 valence electrons. The molecule has 17 heavy (non-hydrogen) atoms. The standard InChI is InChI=1S/C12H16N4O/c1-9(2)16-7-11(12(17)14-10(16)3)6-15-5-4-13-8-15/h4-5,7-9H,3,6H2,1-2H3,(H,14,17). The van der Waals surface area contributed by atoms with Crippen LogP contribution in [-0.4, -0.2) is 26.4 Å². The molecule has 1 amide bonds. The third-order valence-electron chi connectivity index (χ3n) is 2.62. The zero-order valence-electron chi connectivity index (χ0n) is 10.1. The fourth-order valence-corrected chi connectivity index (χ4v) is 1.73. The van der Waals surface area contributed by atoms with Crippen LogP contribution in [0, 0.1) is 0 Å². The van der Waals surface area contributed by atoms with Crippen molar-refractivity contribution in [3.05, 3.63) is 42.9 Å². The van der Waals surface area contributed by atoms with Gasteiger partial charge in [-0.3, -0.25) is 4.79 Å². The molecule has 5 nitrogen and oxygen atoms in total. The van der Waals surface area contributed by atoms with E-state index in [4.69, 9.17) is 0 Å². The van der Waals surface area contributed by atoms with Crippen LogP contribution in [0.3, 0.4) is 0 Å². The third-order valence-corrected chi connectivity index (χ3v) is 2.62. The van der Waals surface area contributed by atoms with E-state index in [0.717, 1.165) is 0 Å². The van der Waals surface area contributed by atoms with Gasteiger partial charge in [-0.2, -0.15) is 0 Å². The molecule has 1 aliphatic rings. The number of carbonyl (C=O) groups excluding carboxylic acids is 1. The summed E-state index contributed by atoms with van der Waals surface area (Å²) in [5, 5.41) is 2.76. The molecule has 0 atom stereocenters. The first-order valence-electron chi connectivity index (χ1n) is 5.53. The molecule has 1 N–H and O–H groups in total. The number of hydrogen-bond acceptors (Lipinski definition) is 3. The van der Waals surface area contributed by atoms with Crippen molar-refractivity contribution in [2.45, 2.75) is 26.4 Å². The average molecular weight is 232 g/mol. The summed E-state index contributed by atoms with van der Waals surface area (Å²) < 4.78 is 1.86. The molecule has 0 saturated carbocycles. The monoisotopic (exact) mass is 232 g/mol. The maximum atomic E-state index is 11.8. The van der Waals surface area contributed by atoms with Crippen molar-refractivity contribution >= 4 is 5.91 Å². The second-order valence-electron chi connectivity index (χ2n) is 4.29. The molecule has 0 aromatic carbocycles. The van der Waals surface area contributed by atoms with Crippen molar-refractivity contribution in [1.82, 2.24) is 19.8 Å². The van der Waals surface area contributed by atoms with Gasteiger partial charge in [0.2, 0.25) is 0 Å². The van der Waals surface area contributed by atoms with Crippen LogP contribution in [0.15, 0.2) is 42.9 Å². The van der Waals surface area contributed by atoms with Gasteiger partial charge < -0.3 is 14.8 Å². The second-order valence-corrected chi connectivity index (χ2v) is 4.29. The summed E-state index contributed by atoms with van der Waals surface area (Å²) in [6.45, 7) is 8.44. The number of hydrogen-bond donors (Lipinski definition) is 1. The Morgan fingerprint density at radius 2 is 2.29 bits per heavy atom. The van der Waals surface area contributed by atoms with E-state index >= 15 is 0 Å². The van der Waals surface area contributed by atoms with Crippen molar-refractivity contribution < 1.29 is 4.79 Å². The third kappa shape index (κ3) is 2.38. The molecular formula is C12H16N4O. The number of rotatable bonds is 3. The molecule has 0 aliphatic carbocycles. The van der Waals surface area contributed by atoms with E-state index in [9.17, 15) is 4.79 Å².